The number of hydrogen-bond donors (Lipinski definition) is 0. The molecule has 1 unspecified atom stereocenters. The van der Waals surface area contributed by atoms with E-state index in [-0.39, 0.29) is 23.5 Å². The van der Waals surface area contributed by atoms with Gasteiger partial charge in [0.2, 0.25) is 5.91 Å². The molecule has 0 aliphatic carbocycles. The molecule has 1 aliphatic heterocycles. The van der Waals surface area contributed by atoms with Crippen molar-refractivity contribution >= 4 is 21.8 Å². The van der Waals surface area contributed by atoms with E-state index in [9.17, 15) is 13.2 Å². The highest BCUT2D eigenvalue weighted by atomic mass is 32.2. The molecule has 0 radical (unpaired) electrons. The molecule has 4 nitrogen and oxygen atoms in total. The van der Waals surface area contributed by atoms with Gasteiger partial charge in [0.1, 0.15) is 0 Å². The van der Waals surface area contributed by atoms with Crippen molar-refractivity contribution in [2.45, 2.75) is 45.6 Å². The summed E-state index contributed by atoms with van der Waals surface area (Å²) in [6.45, 7) is 6.88. The number of carbonyl (C=O) groups excluding carboxylic acids is 1. The molecule has 1 fully saturated rings. The van der Waals surface area contributed by atoms with Crippen LogP contribution in [0.25, 0.3) is 6.08 Å². The summed E-state index contributed by atoms with van der Waals surface area (Å²) in [5, 5.41) is 0. The number of nitrogens with zero attached hydrogens (tertiary/aromatic N) is 1. The zero-order chi connectivity index (χ0) is 17.7. The van der Waals surface area contributed by atoms with Crippen LogP contribution in [0.1, 0.15) is 50.7 Å². The van der Waals surface area contributed by atoms with Gasteiger partial charge in [-0.05, 0) is 36.0 Å². The van der Waals surface area contributed by atoms with E-state index in [1.165, 1.54) is 5.56 Å². The molecule has 132 valence electrons. The van der Waals surface area contributed by atoms with Crippen molar-refractivity contribution in [1.29, 1.82) is 0 Å². The number of rotatable bonds is 6. The van der Waals surface area contributed by atoms with Crippen molar-refractivity contribution in [2.75, 3.05) is 18.1 Å². The van der Waals surface area contributed by atoms with Gasteiger partial charge in [0.15, 0.2) is 9.84 Å². The number of carbonyl (C=O) groups is 1. The fourth-order valence-corrected chi connectivity index (χ4v) is 4.72. The van der Waals surface area contributed by atoms with E-state index in [4.69, 9.17) is 0 Å². The van der Waals surface area contributed by atoms with Gasteiger partial charge in [0.05, 0.1) is 11.5 Å². The molecule has 0 spiro atoms. The van der Waals surface area contributed by atoms with Gasteiger partial charge in [-0.3, -0.25) is 4.79 Å². The average molecular weight is 349 g/mol. The van der Waals surface area contributed by atoms with Gasteiger partial charge in [0.25, 0.3) is 0 Å². The third-order valence-corrected chi connectivity index (χ3v) is 6.17. The molecule has 1 heterocycles. The molecular formula is C19H27NO3S. The predicted molar refractivity (Wildman–Crippen MR) is 98.6 cm³/mol. The molecular weight excluding hydrogens is 322 g/mol. The number of amides is 1. The lowest BCUT2D eigenvalue weighted by molar-refractivity contribution is -0.127. The fraction of sp³-hybridized carbons (Fsp3) is 0.526. The van der Waals surface area contributed by atoms with Crippen LogP contribution in [0, 0.1) is 0 Å². The summed E-state index contributed by atoms with van der Waals surface area (Å²) in [6.07, 6.45) is 4.73. The van der Waals surface area contributed by atoms with Crippen LogP contribution in [-0.4, -0.2) is 43.3 Å². The molecule has 1 aliphatic rings. The lowest BCUT2D eigenvalue weighted by Crippen LogP contribution is -2.40. The second-order valence-corrected chi connectivity index (χ2v) is 8.97. The van der Waals surface area contributed by atoms with E-state index in [2.05, 4.69) is 26.0 Å². The summed E-state index contributed by atoms with van der Waals surface area (Å²) in [7, 11) is -2.99. The highest BCUT2D eigenvalue weighted by Gasteiger charge is 2.33. The minimum atomic E-state index is -2.99. The summed E-state index contributed by atoms with van der Waals surface area (Å²) in [5.74, 6) is 0.655. The van der Waals surface area contributed by atoms with E-state index >= 15 is 0 Å². The molecule has 1 aromatic rings. The lowest BCUT2D eigenvalue weighted by Gasteiger charge is -2.26. The number of benzene rings is 1. The maximum absolute atomic E-state index is 12.5. The van der Waals surface area contributed by atoms with Gasteiger partial charge in [0, 0.05) is 18.7 Å². The molecule has 0 bridgehead atoms. The zero-order valence-corrected chi connectivity index (χ0v) is 15.6. The highest BCUT2D eigenvalue weighted by molar-refractivity contribution is 7.91. The van der Waals surface area contributed by atoms with Crippen LogP contribution in [0.15, 0.2) is 30.3 Å². The first kappa shape index (κ1) is 18.7. The SMILES string of the molecule is CCCN(C(=O)/C=C/c1ccc(C(C)C)cc1)C1CCS(=O)(=O)C1. The monoisotopic (exact) mass is 349 g/mol. The highest BCUT2D eigenvalue weighted by Crippen LogP contribution is 2.19. The fourth-order valence-electron chi connectivity index (χ4n) is 2.99. The lowest BCUT2D eigenvalue weighted by atomic mass is 10.0. The molecule has 0 saturated carbocycles. The van der Waals surface area contributed by atoms with Crippen LogP contribution in [0.5, 0.6) is 0 Å². The summed E-state index contributed by atoms with van der Waals surface area (Å²) in [4.78, 5) is 14.2. The van der Waals surface area contributed by atoms with Gasteiger partial charge in [-0.1, -0.05) is 45.0 Å². The Labute approximate surface area is 145 Å². The first-order chi connectivity index (χ1) is 11.3. The van der Waals surface area contributed by atoms with Crippen LogP contribution in [0.3, 0.4) is 0 Å². The first-order valence-electron chi connectivity index (χ1n) is 8.61. The summed E-state index contributed by atoms with van der Waals surface area (Å²) >= 11 is 0. The quantitative estimate of drug-likeness (QED) is 0.741. The summed E-state index contributed by atoms with van der Waals surface area (Å²) in [5.41, 5.74) is 2.24. The Morgan fingerprint density at radius 3 is 2.46 bits per heavy atom. The molecule has 5 heteroatoms. The van der Waals surface area contributed by atoms with E-state index in [1.54, 1.807) is 17.1 Å². The minimum absolute atomic E-state index is 0.0929. The van der Waals surface area contributed by atoms with Crippen molar-refractivity contribution in [3.8, 4) is 0 Å². The number of sulfone groups is 1. The Hall–Kier alpha value is -1.62. The molecule has 1 aromatic carbocycles. The predicted octanol–water partition coefficient (Wildman–Crippen LogP) is 3.25. The molecule has 2 rings (SSSR count). The van der Waals surface area contributed by atoms with Crippen LogP contribution in [-0.2, 0) is 14.6 Å². The van der Waals surface area contributed by atoms with Gasteiger partial charge in [-0.15, -0.1) is 0 Å². The smallest absolute Gasteiger partial charge is 0.246 e. The Balaban J connectivity index is 2.07. The van der Waals surface area contributed by atoms with Crippen molar-refractivity contribution < 1.29 is 13.2 Å². The average Bonchev–Trinajstić information content (AvgIpc) is 2.90. The molecule has 1 atom stereocenters. The number of hydrogen-bond acceptors (Lipinski definition) is 3. The van der Waals surface area contributed by atoms with E-state index in [0.717, 1.165) is 12.0 Å². The second kappa shape index (κ2) is 7.97. The van der Waals surface area contributed by atoms with Crippen LogP contribution in [0.2, 0.25) is 0 Å². The van der Waals surface area contributed by atoms with Crippen LogP contribution < -0.4 is 0 Å². The molecule has 1 saturated heterocycles. The minimum Gasteiger partial charge on any atom is -0.335 e. The Kier molecular flexibility index (Phi) is 6.21. The largest absolute Gasteiger partial charge is 0.335 e. The normalized spacial score (nSPS) is 19.9. The molecule has 0 aromatic heterocycles. The van der Waals surface area contributed by atoms with Crippen molar-refractivity contribution in [3.05, 3.63) is 41.5 Å². The van der Waals surface area contributed by atoms with Crippen molar-refractivity contribution in [3.63, 3.8) is 0 Å². The van der Waals surface area contributed by atoms with Gasteiger partial charge in [-0.25, -0.2) is 8.42 Å². The molecule has 0 N–H and O–H groups in total. The Morgan fingerprint density at radius 1 is 1.29 bits per heavy atom. The Morgan fingerprint density at radius 2 is 1.96 bits per heavy atom. The maximum atomic E-state index is 12.5. The van der Waals surface area contributed by atoms with Crippen LogP contribution in [0.4, 0.5) is 0 Å². The van der Waals surface area contributed by atoms with Crippen LogP contribution >= 0.6 is 0 Å². The third-order valence-electron chi connectivity index (χ3n) is 4.42. The second-order valence-electron chi connectivity index (χ2n) is 6.74. The topological polar surface area (TPSA) is 54.5 Å². The Bertz CT molecular complexity index is 690. The zero-order valence-electron chi connectivity index (χ0n) is 14.7. The van der Waals surface area contributed by atoms with E-state index < -0.39 is 9.84 Å². The molecule has 24 heavy (non-hydrogen) atoms. The molecule has 1 amide bonds. The van der Waals surface area contributed by atoms with Gasteiger partial charge >= 0.3 is 0 Å². The first-order valence-corrected chi connectivity index (χ1v) is 10.4. The van der Waals surface area contributed by atoms with E-state index in [1.807, 2.05) is 19.1 Å². The van der Waals surface area contributed by atoms with E-state index in [0.29, 0.717) is 18.9 Å². The van der Waals surface area contributed by atoms with Crippen molar-refractivity contribution in [2.24, 2.45) is 0 Å². The van der Waals surface area contributed by atoms with Gasteiger partial charge in [-0.2, -0.15) is 0 Å². The summed E-state index contributed by atoms with van der Waals surface area (Å²) < 4.78 is 23.4. The third kappa shape index (κ3) is 4.94. The summed E-state index contributed by atoms with van der Waals surface area (Å²) in [6, 6.07) is 7.96. The van der Waals surface area contributed by atoms with Crippen molar-refractivity contribution in [1.82, 2.24) is 4.90 Å². The van der Waals surface area contributed by atoms with Gasteiger partial charge < -0.3 is 4.90 Å². The standard InChI is InChI=1S/C19H27NO3S/c1-4-12-20(18-11-13-24(22,23)14-18)19(21)10-7-16-5-8-17(9-6-16)15(2)3/h5-10,15,18H,4,11-14H2,1-3H3/b10-7+. The maximum Gasteiger partial charge on any atom is 0.246 e.